The summed E-state index contributed by atoms with van der Waals surface area (Å²) in [7, 11) is 0. The molecule has 3 aromatic carbocycles. The molecule has 0 aromatic heterocycles. The van der Waals surface area contributed by atoms with Crippen molar-refractivity contribution < 1.29 is 18.8 Å². The highest BCUT2D eigenvalue weighted by Gasteiger charge is 2.70. The summed E-state index contributed by atoms with van der Waals surface area (Å²) in [4.78, 5) is 43.4. The molecule has 35 heavy (non-hydrogen) atoms. The molecule has 5 nitrogen and oxygen atoms in total. The number of anilines is 2. The molecule has 3 aliphatic heterocycles. The highest BCUT2D eigenvalue weighted by atomic mass is 19.1. The average molecular weight is 467 g/mol. The zero-order valence-electron chi connectivity index (χ0n) is 19.3. The van der Waals surface area contributed by atoms with Gasteiger partial charge in [-0.15, -0.1) is 0 Å². The van der Waals surface area contributed by atoms with Gasteiger partial charge in [-0.25, -0.2) is 4.39 Å². The van der Waals surface area contributed by atoms with Crippen LogP contribution >= 0.6 is 0 Å². The molecule has 174 valence electrons. The minimum atomic E-state index is -1.40. The molecule has 0 bridgehead atoms. The van der Waals surface area contributed by atoms with Crippen molar-refractivity contribution in [2.75, 3.05) is 10.2 Å². The molecule has 0 saturated carbocycles. The highest BCUT2D eigenvalue weighted by molar-refractivity contribution is 6.16. The fourth-order valence-corrected chi connectivity index (χ4v) is 6.28. The number of rotatable bonds is 3. The minimum absolute atomic E-state index is 0.117. The Hall–Kier alpha value is -4.06. The number of halogens is 1. The molecule has 1 N–H and O–H groups in total. The number of para-hydroxylation sites is 1. The van der Waals surface area contributed by atoms with Gasteiger partial charge in [0.15, 0.2) is 11.6 Å². The highest BCUT2D eigenvalue weighted by Crippen LogP contribution is 2.57. The molecule has 6 heteroatoms. The number of carbonyl (C=O) groups excluding carboxylic acids is 3. The van der Waals surface area contributed by atoms with E-state index in [2.05, 4.69) is 5.32 Å². The third-order valence-corrected chi connectivity index (χ3v) is 7.63. The monoisotopic (exact) mass is 466 g/mol. The van der Waals surface area contributed by atoms with Crippen molar-refractivity contribution in [1.29, 1.82) is 0 Å². The number of aryl methyl sites for hydroxylation is 1. The fourth-order valence-electron chi connectivity index (χ4n) is 6.28. The summed E-state index contributed by atoms with van der Waals surface area (Å²) < 4.78 is 14.9. The Bertz CT molecular complexity index is 1460. The van der Waals surface area contributed by atoms with Crippen LogP contribution in [0.1, 0.15) is 34.0 Å². The van der Waals surface area contributed by atoms with Crippen LogP contribution in [0.2, 0.25) is 0 Å². The van der Waals surface area contributed by atoms with Crippen molar-refractivity contribution in [3.8, 4) is 0 Å². The maximum atomic E-state index is 14.9. The van der Waals surface area contributed by atoms with Crippen LogP contribution in [0.25, 0.3) is 6.08 Å². The van der Waals surface area contributed by atoms with Crippen molar-refractivity contribution in [1.82, 2.24) is 0 Å². The summed E-state index contributed by atoms with van der Waals surface area (Å²) in [5, 5.41) is 2.95. The third kappa shape index (κ3) is 2.77. The molecule has 1 saturated heterocycles. The number of nitrogens with zero attached hydrogens (tertiary/aromatic N) is 1. The average Bonchev–Trinajstić information content (AvgIpc) is 3.32. The van der Waals surface area contributed by atoms with E-state index in [4.69, 9.17) is 0 Å². The molecule has 6 rings (SSSR count). The van der Waals surface area contributed by atoms with E-state index in [1.54, 1.807) is 12.1 Å². The summed E-state index contributed by atoms with van der Waals surface area (Å²) >= 11 is 0. The molecular weight excluding hydrogens is 443 g/mol. The SMILES string of the molecule is CC(=O)[C@@H]1[C@H](C(=O)c2ccccc2F)[C@@]2(C(=O)Nc3ccccc32)[C@@H]2C=Cc3cc(C)ccc3N12. The second-order valence-corrected chi connectivity index (χ2v) is 9.52. The molecule has 0 unspecified atom stereocenters. The van der Waals surface area contributed by atoms with Crippen LogP contribution < -0.4 is 10.2 Å². The van der Waals surface area contributed by atoms with Gasteiger partial charge in [0.25, 0.3) is 0 Å². The Kier molecular flexibility index (Phi) is 4.58. The first-order valence-corrected chi connectivity index (χ1v) is 11.6. The number of hydrogen-bond acceptors (Lipinski definition) is 4. The number of Topliss-reactive ketones (excluding diaryl/α,β-unsaturated/α-hetero) is 2. The van der Waals surface area contributed by atoms with Crippen LogP contribution in [0, 0.1) is 18.7 Å². The number of benzene rings is 3. The van der Waals surface area contributed by atoms with Crippen molar-refractivity contribution in [2.45, 2.75) is 31.3 Å². The van der Waals surface area contributed by atoms with Crippen molar-refractivity contribution in [3.05, 3.63) is 101 Å². The van der Waals surface area contributed by atoms with Gasteiger partial charge in [0, 0.05) is 11.4 Å². The molecule has 1 spiro atoms. The molecule has 4 atom stereocenters. The van der Waals surface area contributed by atoms with E-state index in [1.807, 2.05) is 60.4 Å². The lowest BCUT2D eigenvalue weighted by molar-refractivity contribution is -0.122. The van der Waals surface area contributed by atoms with Crippen molar-refractivity contribution >= 4 is 34.9 Å². The van der Waals surface area contributed by atoms with Gasteiger partial charge in [0.2, 0.25) is 5.91 Å². The normalized spacial score (nSPS) is 25.7. The van der Waals surface area contributed by atoms with Crippen molar-refractivity contribution in [3.63, 3.8) is 0 Å². The van der Waals surface area contributed by atoms with Gasteiger partial charge in [-0.2, -0.15) is 0 Å². The minimum Gasteiger partial charge on any atom is -0.352 e. The number of carbonyl (C=O) groups is 3. The van der Waals surface area contributed by atoms with E-state index in [9.17, 15) is 18.8 Å². The maximum Gasteiger partial charge on any atom is 0.238 e. The summed E-state index contributed by atoms with van der Waals surface area (Å²) in [6.07, 6.45) is 3.86. The topological polar surface area (TPSA) is 66.5 Å². The molecule has 1 amide bonds. The largest absolute Gasteiger partial charge is 0.352 e. The number of nitrogens with one attached hydrogen (secondary N) is 1. The predicted molar refractivity (Wildman–Crippen MR) is 132 cm³/mol. The first-order chi connectivity index (χ1) is 16.9. The molecule has 3 aromatic rings. The zero-order valence-corrected chi connectivity index (χ0v) is 19.3. The van der Waals surface area contributed by atoms with Crippen LogP contribution in [-0.2, 0) is 15.0 Å². The number of ketones is 2. The second-order valence-electron chi connectivity index (χ2n) is 9.52. The van der Waals surface area contributed by atoms with Gasteiger partial charge >= 0.3 is 0 Å². The van der Waals surface area contributed by atoms with Crippen LogP contribution in [0.5, 0.6) is 0 Å². The Morgan fingerprint density at radius 3 is 2.54 bits per heavy atom. The number of fused-ring (bicyclic) bond motifs is 6. The summed E-state index contributed by atoms with van der Waals surface area (Å²) in [6.45, 7) is 3.42. The molecular formula is C29H23FN2O3. The van der Waals surface area contributed by atoms with Crippen LogP contribution in [0.3, 0.4) is 0 Å². The number of hydrogen-bond donors (Lipinski definition) is 1. The van der Waals surface area contributed by atoms with E-state index in [0.717, 1.165) is 16.8 Å². The van der Waals surface area contributed by atoms with Gasteiger partial charge in [0.05, 0.1) is 23.6 Å². The summed E-state index contributed by atoms with van der Waals surface area (Å²) in [5.74, 6) is -2.94. The molecule has 3 heterocycles. The van der Waals surface area contributed by atoms with Gasteiger partial charge in [0.1, 0.15) is 11.2 Å². The lowest BCUT2D eigenvalue weighted by Crippen LogP contribution is -2.51. The summed E-state index contributed by atoms with van der Waals surface area (Å²) in [6, 6.07) is 17.4. The zero-order chi connectivity index (χ0) is 24.5. The Labute approximate surface area is 202 Å². The maximum absolute atomic E-state index is 14.9. The van der Waals surface area contributed by atoms with E-state index < -0.39 is 35.0 Å². The molecule has 3 aliphatic rings. The van der Waals surface area contributed by atoms with E-state index in [-0.39, 0.29) is 17.3 Å². The Morgan fingerprint density at radius 2 is 1.77 bits per heavy atom. The predicted octanol–water partition coefficient (Wildman–Crippen LogP) is 4.70. The second kappa shape index (κ2) is 7.47. The Morgan fingerprint density at radius 1 is 1.03 bits per heavy atom. The third-order valence-electron chi connectivity index (χ3n) is 7.63. The quantitative estimate of drug-likeness (QED) is 0.569. The summed E-state index contributed by atoms with van der Waals surface area (Å²) in [5.41, 5.74) is 2.49. The van der Waals surface area contributed by atoms with Crippen LogP contribution in [0.4, 0.5) is 15.8 Å². The standard InChI is InChI=1S/C29H23FN2O3/c1-16-11-13-23-18(15-16)12-14-24-29(20-8-4-6-10-22(20)31-28(29)35)25(26(17(2)33)32(23)24)27(34)19-7-3-5-9-21(19)30/h3-15,24-26H,1-2H3,(H,31,35)/t24-,25+,26+,29-/m0/s1. The van der Waals surface area contributed by atoms with Gasteiger partial charge in [-0.05, 0) is 55.3 Å². The molecule has 1 fully saturated rings. The van der Waals surface area contributed by atoms with E-state index in [1.165, 1.54) is 25.1 Å². The smallest absolute Gasteiger partial charge is 0.238 e. The van der Waals surface area contributed by atoms with Gasteiger partial charge in [-0.3, -0.25) is 14.4 Å². The molecule has 0 radical (unpaired) electrons. The molecule has 0 aliphatic carbocycles. The van der Waals surface area contributed by atoms with Crippen molar-refractivity contribution in [2.24, 2.45) is 5.92 Å². The lowest BCUT2D eigenvalue weighted by Gasteiger charge is -2.37. The first kappa shape index (κ1) is 21.5. The van der Waals surface area contributed by atoms with Crippen LogP contribution in [0.15, 0.2) is 72.8 Å². The van der Waals surface area contributed by atoms with Crippen LogP contribution in [-0.4, -0.2) is 29.6 Å². The lowest BCUT2D eigenvalue weighted by atomic mass is 9.64. The Balaban J connectivity index is 1.67. The van der Waals surface area contributed by atoms with E-state index in [0.29, 0.717) is 11.3 Å². The van der Waals surface area contributed by atoms with Gasteiger partial charge in [-0.1, -0.05) is 54.1 Å². The first-order valence-electron chi connectivity index (χ1n) is 11.6. The van der Waals surface area contributed by atoms with E-state index >= 15 is 0 Å². The fraction of sp³-hybridized carbons (Fsp3) is 0.207. The van der Waals surface area contributed by atoms with Gasteiger partial charge < -0.3 is 10.2 Å². The number of amides is 1.